The summed E-state index contributed by atoms with van der Waals surface area (Å²) in [7, 11) is 2.74. The van der Waals surface area contributed by atoms with Crippen molar-refractivity contribution in [1.82, 2.24) is 30.0 Å². The van der Waals surface area contributed by atoms with Gasteiger partial charge in [0.05, 0.1) is 0 Å². The number of aliphatic carboxylic acids is 1. The quantitative estimate of drug-likeness (QED) is 0.0625. The minimum absolute atomic E-state index is 0. The summed E-state index contributed by atoms with van der Waals surface area (Å²) >= 11 is 3.41. The maximum absolute atomic E-state index is 12.9. The zero-order chi connectivity index (χ0) is 26.1. The van der Waals surface area contributed by atoms with Gasteiger partial charge in [-0.25, -0.2) is 9.78 Å². The Kier molecular flexibility index (Phi) is 11.7. The van der Waals surface area contributed by atoms with Gasteiger partial charge in [0, 0.05) is 83.0 Å². The summed E-state index contributed by atoms with van der Waals surface area (Å²) in [5, 5.41) is 19.6. The number of thiazole rings is 1. The third kappa shape index (κ3) is 6.56. The standard InChI is InChI=1S/C18H18N8O7S3.2Na/c1-25-18(22-12(28)13(29)23-25)36-4-6-3-34-15-9(14(30)26(15)10(6)16(31)32)21-11(27)8(24-33-2)7-5-35-17(19)20-7;;/h5,9,15H,3-4H2,1-2H3,(H2,19,20)(H,21,27)(H,23,29)(H,31,32);;. The number of carboxylic acids is 1. The number of aromatic nitrogens is 4. The molecule has 2 aliphatic heterocycles. The molecule has 2 unspecified atom stereocenters. The van der Waals surface area contributed by atoms with Crippen molar-refractivity contribution in [3.8, 4) is 0 Å². The van der Waals surface area contributed by atoms with Gasteiger partial charge in [0.2, 0.25) is 0 Å². The molecular weight excluding hydrogens is 582 g/mol. The van der Waals surface area contributed by atoms with Crippen LogP contribution in [0.25, 0.3) is 0 Å². The van der Waals surface area contributed by atoms with E-state index in [2.05, 4.69) is 25.5 Å². The van der Waals surface area contributed by atoms with E-state index < -0.39 is 40.3 Å². The topological polar surface area (TPSA) is 215 Å². The number of hydrogen-bond acceptors (Lipinski definition) is 13. The Balaban J connectivity index is 0.00000253. The van der Waals surface area contributed by atoms with Gasteiger partial charge >= 0.3 is 17.1 Å². The summed E-state index contributed by atoms with van der Waals surface area (Å²) in [6, 6.07) is -0.995. The second-order valence-corrected chi connectivity index (χ2v) is 10.2. The first-order valence-electron chi connectivity index (χ1n) is 9.96. The Bertz CT molecular complexity index is 1440. The molecule has 2 aromatic heterocycles. The van der Waals surface area contributed by atoms with Crippen LogP contribution in [0.4, 0.5) is 5.13 Å². The molecule has 0 aromatic carbocycles. The van der Waals surface area contributed by atoms with Crippen LogP contribution < -0.4 is 22.2 Å². The predicted molar refractivity (Wildman–Crippen MR) is 142 cm³/mol. The Morgan fingerprint density at radius 3 is 2.66 bits per heavy atom. The number of carboxylic acid groups (broad SMARTS) is 1. The van der Waals surface area contributed by atoms with Crippen LogP contribution in [0.5, 0.6) is 0 Å². The van der Waals surface area contributed by atoms with Crippen molar-refractivity contribution in [3.63, 3.8) is 0 Å². The maximum Gasteiger partial charge on any atom is 0.352 e. The normalized spacial score (nSPS) is 18.5. The number of nitrogen functional groups attached to an aromatic ring is 1. The second-order valence-electron chi connectivity index (χ2n) is 7.30. The van der Waals surface area contributed by atoms with Crippen molar-refractivity contribution in [2.24, 2.45) is 12.2 Å². The molecule has 1 fully saturated rings. The van der Waals surface area contributed by atoms with Gasteiger partial charge < -0.3 is 21.0 Å². The molecule has 5 N–H and O–H groups in total. The number of aryl methyl sites for hydroxylation is 1. The molecule has 20 heteroatoms. The number of oxime groups is 1. The number of carbonyl (C=O) groups excluding carboxylic acids is 2. The summed E-state index contributed by atoms with van der Waals surface area (Å²) in [4.78, 5) is 74.3. The molecule has 0 bridgehead atoms. The van der Waals surface area contributed by atoms with E-state index in [9.17, 15) is 29.1 Å². The zero-order valence-corrected chi connectivity index (χ0v) is 27.0. The fourth-order valence-electron chi connectivity index (χ4n) is 3.44. The van der Waals surface area contributed by atoms with Crippen LogP contribution in [0, 0.1) is 0 Å². The molecule has 15 nitrogen and oxygen atoms in total. The van der Waals surface area contributed by atoms with Gasteiger partial charge in [-0.15, -0.1) is 23.1 Å². The average molecular weight is 601 g/mol. The molecule has 38 heavy (non-hydrogen) atoms. The van der Waals surface area contributed by atoms with Crippen molar-refractivity contribution in [2.75, 3.05) is 24.3 Å². The molecule has 4 rings (SSSR count). The molecule has 0 spiro atoms. The van der Waals surface area contributed by atoms with Crippen molar-refractivity contribution in [2.45, 2.75) is 16.6 Å². The number of nitrogens with zero attached hydrogens (tertiary/aromatic N) is 5. The Morgan fingerprint density at radius 2 is 2.05 bits per heavy atom. The van der Waals surface area contributed by atoms with Gasteiger partial charge in [-0.3, -0.25) is 33.9 Å². The molecule has 0 saturated carbocycles. The van der Waals surface area contributed by atoms with Crippen LogP contribution in [0.3, 0.4) is 0 Å². The molecule has 2 radical (unpaired) electrons. The summed E-state index contributed by atoms with van der Waals surface area (Å²) in [6.07, 6.45) is 0. The van der Waals surface area contributed by atoms with E-state index in [4.69, 9.17) is 10.6 Å². The SMILES string of the molecule is CON=C(C(=O)NC1C(=O)N2C(C(=O)O)=C(CSc3nc(=O)c(=O)[nH]n3C)CSC12)c1csc(N)n1.[Na].[Na]. The van der Waals surface area contributed by atoms with E-state index in [1.165, 1.54) is 36.0 Å². The number of anilines is 1. The maximum atomic E-state index is 12.9. The first-order chi connectivity index (χ1) is 17.1. The van der Waals surface area contributed by atoms with E-state index in [-0.39, 0.29) is 98.0 Å². The first-order valence-corrected chi connectivity index (χ1v) is 12.9. The van der Waals surface area contributed by atoms with Crippen LogP contribution in [0.1, 0.15) is 5.69 Å². The number of fused-ring (bicyclic) bond motifs is 1. The zero-order valence-electron chi connectivity index (χ0n) is 20.6. The van der Waals surface area contributed by atoms with Crippen LogP contribution >= 0.6 is 34.9 Å². The summed E-state index contributed by atoms with van der Waals surface area (Å²) in [6.45, 7) is 0. The van der Waals surface area contributed by atoms with Gasteiger partial charge in [0.25, 0.3) is 11.8 Å². The molecule has 0 aliphatic carbocycles. The van der Waals surface area contributed by atoms with Crippen molar-refractivity contribution >= 4 is 123 Å². The number of amides is 2. The number of thioether (sulfide) groups is 2. The van der Waals surface area contributed by atoms with Crippen molar-refractivity contribution in [1.29, 1.82) is 0 Å². The predicted octanol–water partition coefficient (Wildman–Crippen LogP) is -2.37. The summed E-state index contributed by atoms with van der Waals surface area (Å²) in [5.41, 5.74) is 4.00. The van der Waals surface area contributed by atoms with Gasteiger partial charge in [0.15, 0.2) is 16.0 Å². The van der Waals surface area contributed by atoms with Crippen molar-refractivity contribution in [3.05, 3.63) is 43.1 Å². The fourth-order valence-corrected chi connectivity index (χ4v) is 6.39. The van der Waals surface area contributed by atoms with Gasteiger partial charge in [-0.2, -0.15) is 4.98 Å². The molecule has 2 aliphatic rings. The monoisotopic (exact) mass is 600 g/mol. The number of H-pyrrole nitrogens is 1. The Morgan fingerprint density at radius 1 is 1.34 bits per heavy atom. The number of nitrogens with two attached hydrogens (primary N) is 1. The smallest absolute Gasteiger partial charge is 0.352 e. The van der Waals surface area contributed by atoms with Gasteiger partial charge in [-0.1, -0.05) is 16.9 Å². The minimum atomic E-state index is -1.31. The van der Waals surface area contributed by atoms with Crippen molar-refractivity contribution < 1.29 is 24.3 Å². The van der Waals surface area contributed by atoms with Crippen LogP contribution in [0.2, 0.25) is 0 Å². The number of rotatable bonds is 8. The van der Waals surface area contributed by atoms with E-state index in [0.29, 0.717) is 5.57 Å². The van der Waals surface area contributed by atoms with E-state index in [1.54, 1.807) is 0 Å². The Labute approximate surface area is 270 Å². The first kappa shape index (κ1) is 32.6. The Hall–Kier alpha value is -1.64. The third-order valence-corrected chi connectivity index (χ3v) is 8.15. The molecule has 2 aromatic rings. The average Bonchev–Trinajstić information content (AvgIpc) is 3.27. The number of nitrogens with one attached hydrogen (secondary N) is 2. The van der Waals surface area contributed by atoms with Crippen LogP contribution in [0.15, 0.2) is 36.6 Å². The van der Waals surface area contributed by atoms with Crippen LogP contribution in [-0.2, 0) is 26.3 Å². The largest absolute Gasteiger partial charge is 0.477 e. The summed E-state index contributed by atoms with van der Waals surface area (Å²) in [5.74, 6) is -2.30. The number of carbonyl (C=O) groups is 3. The number of hydrogen-bond donors (Lipinski definition) is 4. The molecule has 192 valence electrons. The van der Waals surface area contributed by atoms with E-state index in [1.807, 2.05) is 0 Å². The number of aromatic amines is 1. The van der Waals surface area contributed by atoms with E-state index >= 15 is 0 Å². The van der Waals surface area contributed by atoms with Gasteiger partial charge in [-0.05, 0) is 5.57 Å². The second kappa shape index (κ2) is 13.6. The molecular formula is C18H18N8Na2O7S3. The molecule has 2 atom stereocenters. The van der Waals surface area contributed by atoms with Crippen LogP contribution in [-0.4, -0.2) is 142 Å². The van der Waals surface area contributed by atoms with Gasteiger partial charge in [0.1, 0.15) is 29.9 Å². The number of β-lactam (4-membered cyclic amide) rings is 1. The summed E-state index contributed by atoms with van der Waals surface area (Å²) < 4.78 is 1.25. The van der Waals surface area contributed by atoms with E-state index in [0.717, 1.165) is 28.0 Å². The molecule has 1 saturated heterocycles. The molecule has 2 amide bonds. The fraction of sp³-hybridized carbons (Fsp3) is 0.333. The molecule has 4 heterocycles. The third-order valence-electron chi connectivity index (χ3n) is 5.02. The minimum Gasteiger partial charge on any atom is -0.477 e.